The van der Waals surface area contributed by atoms with Crippen LogP contribution in [0.5, 0.6) is 0 Å². The van der Waals surface area contributed by atoms with E-state index < -0.39 is 0 Å². The van der Waals surface area contributed by atoms with Gasteiger partial charge in [0.05, 0.1) is 0 Å². The maximum Gasteiger partial charge on any atom is -0.00167 e. The van der Waals surface area contributed by atoms with Crippen LogP contribution in [0.25, 0.3) is 0 Å². The molecule has 1 fully saturated rings. The minimum absolute atomic E-state index is 0.618. The molecule has 0 amide bonds. The molecule has 0 radical (unpaired) electrons. The summed E-state index contributed by atoms with van der Waals surface area (Å²) >= 11 is 0. The summed E-state index contributed by atoms with van der Waals surface area (Å²) in [7, 11) is 6.43. The Morgan fingerprint density at radius 1 is 0.952 bits per heavy atom. The maximum atomic E-state index is 2.41. The Morgan fingerprint density at radius 2 is 1.33 bits per heavy atom. The molecule has 0 N–H and O–H groups in total. The van der Waals surface area contributed by atoms with Gasteiger partial charge in [-0.25, -0.2) is 0 Å². The van der Waals surface area contributed by atoms with Gasteiger partial charge < -0.3 is 9.80 Å². The fourth-order valence-corrected chi connectivity index (χ4v) is 1.74. The molecule has 21 heavy (non-hydrogen) atoms. The molecule has 0 aliphatic carbocycles. The van der Waals surface area contributed by atoms with Crippen LogP contribution >= 0.6 is 0 Å². The van der Waals surface area contributed by atoms with Gasteiger partial charge in [0.1, 0.15) is 0 Å². The zero-order valence-corrected chi connectivity index (χ0v) is 17.2. The van der Waals surface area contributed by atoms with Crippen LogP contribution < -0.4 is 0 Å². The third-order valence-corrected chi connectivity index (χ3v) is 3.49. The quantitative estimate of drug-likeness (QED) is 0.690. The molecule has 0 atom stereocenters. The third-order valence-electron chi connectivity index (χ3n) is 3.49. The van der Waals surface area contributed by atoms with E-state index in [1.54, 1.807) is 0 Å². The predicted octanol–water partition coefficient (Wildman–Crippen LogP) is 5.38. The SMILES string of the molecule is CC.CC.CC(C)CCN(C)C.CN1CCC(C)(C)CC1. The summed E-state index contributed by atoms with van der Waals surface area (Å²) in [5.74, 6) is 0.845. The van der Waals surface area contributed by atoms with Crippen molar-refractivity contribution in [3.63, 3.8) is 0 Å². The molecule has 1 heterocycles. The zero-order chi connectivity index (χ0) is 17.5. The highest BCUT2D eigenvalue weighted by Crippen LogP contribution is 2.28. The molecule has 2 heteroatoms. The van der Waals surface area contributed by atoms with Gasteiger partial charge in [-0.1, -0.05) is 55.4 Å². The molecule has 0 aromatic rings. The lowest BCUT2D eigenvalue weighted by Gasteiger charge is -2.34. The van der Waals surface area contributed by atoms with Gasteiger partial charge in [0.25, 0.3) is 0 Å². The van der Waals surface area contributed by atoms with E-state index in [1.807, 2.05) is 27.7 Å². The van der Waals surface area contributed by atoms with Crippen molar-refractivity contribution in [2.45, 2.75) is 74.7 Å². The summed E-state index contributed by atoms with van der Waals surface area (Å²) in [6, 6.07) is 0. The van der Waals surface area contributed by atoms with E-state index in [0.29, 0.717) is 5.41 Å². The second-order valence-corrected chi connectivity index (χ2v) is 6.95. The third kappa shape index (κ3) is 22.3. The van der Waals surface area contributed by atoms with Gasteiger partial charge in [0, 0.05) is 0 Å². The number of hydrogen-bond donors (Lipinski definition) is 0. The van der Waals surface area contributed by atoms with Crippen LogP contribution in [0.1, 0.15) is 74.7 Å². The lowest BCUT2D eigenvalue weighted by Crippen LogP contribution is -2.34. The van der Waals surface area contributed by atoms with Crippen molar-refractivity contribution in [3.05, 3.63) is 0 Å². The number of hydrogen-bond acceptors (Lipinski definition) is 2. The monoisotopic (exact) mass is 302 g/mol. The van der Waals surface area contributed by atoms with Crippen molar-refractivity contribution >= 4 is 0 Å². The first kappa shape index (κ1) is 25.9. The van der Waals surface area contributed by atoms with E-state index in [9.17, 15) is 0 Å². The van der Waals surface area contributed by atoms with Crippen LogP contribution in [0, 0.1) is 11.3 Å². The Hall–Kier alpha value is -0.0800. The van der Waals surface area contributed by atoms with Crippen LogP contribution in [0.3, 0.4) is 0 Å². The summed E-state index contributed by atoms with van der Waals surface area (Å²) in [6.45, 7) is 21.0. The van der Waals surface area contributed by atoms with Crippen LogP contribution in [-0.2, 0) is 0 Å². The lowest BCUT2D eigenvalue weighted by molar-refractivity contribution is 0.157. The average molecular weight is 303 g/mol. The minimum atomic E-state index is 0.618. The van der Waals surface area contributed by atoms with E-state index in [0.717, 1.165) is 5.92 Å². The Bertz CT molecular complexity index is 168. The van der Waals surface area contributed by atoms with Gasteiger partial charge in [-0.3, -0.25) is 0 Å². The first-order chi connectivity index (χ1) is 9.73. The topological polar surface area (TPSA) is 6.48 Å². The van der Waals surface area contributed by atoms with Gasteiger partial charge in [-0.05, 0) is 71.4 Å². The number of rotatable bonds is 3. The van der Waals surface area contributed by atoms with Crippen LogP contribution in [0.2, 0.25) is 0 Å². The van der Waals surface area contributed by atoms with Crippen molar-refractivity contribution in [3.8, 4) is 0 Å². The van der Waals surface area contributed by atoms with Crippen molar-refractivity contribution in [1.29, 1.82) is 0 Å². The highest BCUT2D eigenvalue weighted by Gasteiger charge is 2.22. The van der Waals surface area contributed by atoms with Crippen LogP contribution in [0.4, 0.5) is 0 Å². The molecular weight excluding hydrogens is 256 g/mol. The van der Waals surface area contributed by atoms with Gasteiger partial charge in [0.15, 0.2) is 0 Å². The molecule has 0 saturated carbocycles. The fourth-order valence-electron chi connectivity index (χ4n) is 1.74. The summed E-state index contributed by atoms with van der Waals surface area (Å²) in [5, 5.41) is 0. The van der Waals surface area contributed by atoms with Crippen LogP contribution in [0.15, 0.2) is 0 Å². The van der Waals surface area contributed by atoms with Gasteiger partial charge in [-0.2, -0.15) is 0 Å². The number of piperidine rings is 1. The molecule has 0 bridgehead atoms. The molecule has 0 unspecified atom stereocenters. The Morgan fingerprint density at radius 3 is 1.52 bits per heavy atom. The Labute approximate surface area is 137 Å². The molecule has 132 valence electrons. The maximum absolute atomic E-state index is 2.41. The summed E-state index contributed by atoms with van der Waals surface area (Å²) in [6.07, 6.45) is 4.04. The lowest BCUT2D eigenvalue weighted by atomic mass is 9.83. The smallest absolute Gasteiger partial charge is 0.00167 e. The van der Waals surface area contributed by atoms with E-state index in [2.05, 4.69) is 58.6 Å². The van der Waals surface area contributed by atoms with E-state index >= 15 is 0 Å². The van der Waals surface area contributed by atoms with Crippen molar-refractivity contribution in [2.24, 2.45) is 11.3 Å². The van der Waals surface area contributed by atoms with Crippen molar-refractivity contribution in [1.82, 2.24) is 9.80 Å². The summed E-state index contributed by atoms with van der Waals surface area (Å²) < 4.78 is 0. The largest absolute Gasteiger partial charge is 0.309 e. The Kier molecular flexibility index (Phi) is 20.1. The van der Waals surface area contributed by atoms with Gasteiger partial charge in [0.2, 0.25) is 0 Å². The first-order valence-corrected chi connectivity index (χ1v) is 9.06. The second kappa shape index (κ2) is 16.3. The predicted molar refractivity (Wildman–Crippen MR) is 101 cm³/mol. The van der Waals surface area contributed by atoms with E-state index in [-0.39, 0.29) is 0 Å². The molecule has 0 spiro atoms. The normalized spacial score (nSPS) is 17.0. The molecule has 1 rings (SSSR count). The van der Waals surface area contributed by atoms with Crippen molar-refractivity contribution in [2.75, 3.05) is 40.8 Å². The standard InChI is InChI=1S/C8H17N.C7H17N.2C2H6/c1-8(2)4-6-9(3)7-5-8;1-7(2)5-6-8(3)4;2*1-2/h4-7H2,1-3H3;7H,5-6H2,1-4H3;2*1-2H3. The Balaban J connectivity index is -0.000000251. The second-order valence-electron chi connectivity index (χ2n) is 6.95. The highest BCUT2D eigenvalue weighted by molar-refractivity contribution is 4.76. The molecule has 1 aliphatic heterocycles. The molecule has 1 aliphatic rings. The first-order valence-electron chi connectivity index (χ1n) is 9.06. The highest BCUT2D eigenvalue weighted by atomic mass is 15.1. The summed E-state index contributed by atoms with van der Waals surface area (Å²) in [5.41, 5.74) is 0.618. The van der Waals surface area contributed by atoms with Gasteiger partial charge >= 0.3 is 0 Å². The molecule has 0 aromatic carbocycles. The fraction of sp³-hybridized carbons (Fsp3) is 1.00. The van der Waals surface area contributed by atoms with E-state index in [4.69, 9.17) is 0 Å². The molecule has 0 aromatic heterocycles. The van der Waals surface area contributed by atoms with Crippen LogP contribution in [-0.4, -0.2) is 50.6 Å². The molecule has 2 nitrogen and oxygen atoms in total. The molecule has 1 saturated heterocycles. The minimum Gasteiger partial charge on any atom is -0.309 e. The zero-order valence-electron chi connectivity index (χ0n) is 17.2. The molecular formula is C19H46N2. The number of likely N-dealkylation sites (tertiary alicyclic amines) is 1. The number of nitrogens with zero attached hydrogens (tertiary/aromatic N) is 2. The average Bonchev–Trinajstić information content (AvgIpc) is 2.45. The van der Waals surface area contributed by atoms with E-state index in [1.165, 1.54) is 38.9 Å². The van der Waals surface area contributed by atoms with Crippen molar-refractivity contribution < 1.29 is 0 Å². The summed E-state index contributed by atoms with van der Waals surface area (Å²) in [4.78, 5) is 4.63. The van der Waals surface area contributed by atoms with Gasteiger partial charge in [-0.15, -0.1) is 0 Å².